The van der Waals surface area contributed by atoms with Crippen LogP contribution in [0.2, 0.25) is 0 Å². The van der Waals surface area contributed by atoms with Gasteiger partial charge in [0.15, 0.2) is 66.0 Å². The Morgan fingerprint density at radius 1 is 0.600 bits per heavy atom. The van der Waals surface area contributed by atoms with E-state index in [1.807, 2.05) is 0 Å². The SMILES string of the molecule is CCC[C@H](OC1C(OC(=O)c2ccccc2)[C@H](O[C@@H]2CC(C(=O)NCCNC(=O)C3CC(n4cc(-c5cc(F)c(F)c(F)c5)nn4)C(O)[C@H](O[C@@H]4OC(CO)[C@H](O)C(n5cc(-c6cc(F)c(F)c(F)c6)nn5)C4O)C3)CC(CC)C2O[C@@H]2OC(C)[C@@H](O)C(O)C2O)OC(CO)[C@@H]1O)C(=O)O. The molecule has 30 nitrogen and oxygen atoms in total. The van der Waals surface area contributed by atoms with Crippen LogP contribution in [-0.4, -0.2) is 248 Å². The van der Waals surface area contributed by atoms with E-state index in [2.05, 4.69) is 31.3 Å². The minimum atomic E-state index is -1.98. The number of aliphatic hydroxyl groups is 9. The van der Waals surface area contributed by atoms with Gasteiger partial charge in [-0.2, -0.15) is 0 Å². The molecule has 5 heterocycles. The molecule has 100 heavy (non-hydrogen) atoms. The van der Waals surface area contributed by atoms with Gasteiger partial charge < -0.3 is 99.6 Å². The molecule has 3 aliphatic heterocycles. The molecule has 5 fully saturated rings. The second-order valence-electron chi connectivity index (χ2n) is 25.3. The third kappa shape index (κ3) is 16.5. The number of benzene rings is 3. The third-order valence-electron chi connectivity index (χ3n) is 18.7. The van der Waals surface area contributed by atoms with Crippen molar-refractivity contribution >= 4 is 23.8 Å². The molecule has 2 aliphatic carbocycles. The molecule has 548 valence electrons. The fourth-order valence-electron chi connectivity index (χ4n) is 13.3. The number of hydrogen-bond acceptors (Lipinski definition) is 25. The van der Waals surface area contributed by atoms with Gasteiger partial charge in [0.05, 0.1) is 61.6 Å². The maximum absolute atomic E-state index is 14.5. The molecule has 36 heteroatoms. The molecule has 0 spiro atoms. The Balaban J connectivity index is 0.879. The van der Waals surface area contributed by atoms with Crippen LogP contribution in [0.15, 0.2) is 67.0 Å². The van der Waals surface area contributed by atoms with Gasteiger partial charge in [-0.15, -0.1) is 10.2 Å². The van der Waals surface area contributed by atoms with Crippen LogP contribution in [0.3, 0.4) is 0 Å². The number of esters is 1. The highest BCUT2D eigenvalue weighted by Crippen LogP contribution is 2.43. The van der Waals surface area contributed by atoms with Gasteiger partial charge >= 0.3 is 11.9 Å². The number of carboxylic acid groups (broad SMARTS) is 1. The van der Waals surface area contributed by atoms with Crippen molar-refractivity contribution in [3.05, 3.63) is 107 Å². The van der Waals surface area contributed by atoms with E-state index in [0.29, 0.717) is 30.7 Å². The molecule has 10 rings (SSSR count). The topological polar surface area (TPSA) is 430 Å². The van der Waals surface area contributed by atoms with Gasteiger partial charge in [-0.3, -0.25) is 9.59 Å². The molecule has 2 saturated carbocycles. The zero-order valence-corrected chi connectivity index (χ0v) is 53.8. The minimum absolute atomic E-state index is 0.0113. The molecule has 12 N–H and O–H groups in total. The molecule has 3 saturated heterocycles. The van der Waals surface area contributed by atoms with Crippen molar-refractivity contribution in [1.29, 1.82) is 0 Å². The van der Waals surface area contributed by atoms with Crippen LogP contribution in [0.25, 0.3) is 22.5 Å². The van der Waals surface area contributed by atoms with E-state index < -0.39 is 218 Å². The monoisotopic (exact) mass is 1420 g/mol. The van der Waals surface area contributed by atoms with E-state index in [0.717, 1.165) is 21.8 Å². The Morgan fingerprint density at radius 3 is 1.70 bits per heavy atom. The fraction of sp³-hybridized carbons (Fsp3) is 0.594. The van der Waals surface area contributed by atoms with Gasteiger partial charge in [0, 0.05) is 36.1 Å². The van der Waals surface area contributed by atoms with Crippen molar-refractivity contribution in [3.8, 4) is 22.5 Å². The zero-order valence-electron chi connectivity index (χ0n) is 53.8. The summed E-state index contributed by atoms with van der Waals surface area (Å²) >= 11 is 0. The summed E-state index contributed by atoms with van der Waals surface area (Å²) in [4.78, 5) is 55.4. The first-order chi connectivity index (χ1) is 47.7. The van der Waals surface area contributed by atoms with Gasteiger partial charge in [0.25, 0.3) is 0 Å². The van der Waals surface area contributed by atoms with Crippen LogP contribution >= 0.6 is 0 Å². The van der Waals surface area contributed by atoms with E-state index in [9.17, 15) is 96.6 Å². The fourth-order valence-corrected chi connectivity index (χ4v) is 13.3. The summed E-state index contributed by atoms with van der Waals surface area (Å²) in [6, 6.07) is 7.15. The number of ether oxygens (including phenoxy) is 8. The molecular weight excluding hydrogens is 1350 g/mol. The molecule has 24 atom stereocenters. The molecule has 5 aliphatic rings. The predicted octanol–water partition coefficient (Wildman–Crippen LogP) is 0.624. The van der Waals surface area contributed by atoms with Crippen molar-refractivity contribution in [2.45, 2.75) is 194 Å². The number of aliphatic carboxylic acids is 1. The van der Waals surface area contributed by atoms with Crippen LogP contribution in [0.5, 0.6) is 0 Å². The van der Waals surface area contributed by atoms with Gasteiger partial charge in [0.1, 0.15) is 78.5 Å². The molecular formula is C64H78F6N8O22. The summed E-state index contributed by atoms with van der Waals surface area (Å²) in [5.74, 6) is -16.4. The highest BCUT2D eigenvalue weighted by molar-refractivity contribution is 5.89. The second kappa shape index (κ2) is 32.8. The summed E-state index contributed by atoms with van der Waals surface area (Å²) in [7, 11) is 0. The van der Waals surface area contributed by atoms with Crippen LogP contribution in [-0.2, 0) is 52.3 Å². The standard InChI is InChI=1S/C64H78F6N8O22/c1-4-9-40(60(90)91)94-56-51(84)44(25-80)98-64(57(56)99-61(92)28-10-7-6-8-11-28)96-42-21-31(14-27(5-2)55(42)100-63-54(87)53(86)48(81)26(3)93-63)58(88)71-12-13-72-59(89)32-19-39(77-22-37(73-75-77)29-15-33(65)45(69)34(66)16-29)49(82)41(20-32)95-62-52(85)47(50(83)43(24-79)97-62)78-23-38(74-76-78)30-17-35(67)46(70)36(68)18-30/h6-8,10-11,15-18,22-23,26-27,31-32,39-44,47-57,62-64,79-87H,4-5,9,12-14,19-21,24-25H2,1-3H3,(H,71,88)(H,72,89)(H,90,91)/t26?,27?,31?,32?,39?,40-,41+,42+,43?,44?,47?,48+,49?,50-,51-,52?,53?,54?,55?,56?,57?,62+,63-,64+/m0/s1. The van der Waals surface area contributed by atoms with Gasteiger partial charge in [-0.25, -0.2) is 45.3 Å². The Labute approximate surface area is 565 Å². The minimum Gasteiger partial charge on any atom is -0.479 e. The van der Waals surface area contributed by atoms with Gasteiger partial charge in [-0.1, -0.05) is 55.3 Å². The number of halogens is 6. The smallest absolute Gasteiger partial charge is 0.338 e. The zero-order chi connectivity index (χ0) is 72.1. The number of carbonyl (C=O) groups is 4. The number of carboxylic acids is 1. The number of aromatic nitrogens is 6. The molecule has 2 amide bonds. The lowest BCUT2D eigenvalue weighted by Crippen LogP contribution is -2.64. The van der Waals surface area contributed by atoms with Crippen molar-refractivity contribution in [1.82, 2.24) is 40.6 Å². The largest absolute Gasteiger partial charge is 0.479 e. The second-order valence-corrected chi connectivity index (χ2v) is 25.3. The molecule has 5 aromatic rings. The Bertz CT molecular complexity index is 3580. The maximum Gasteiger partial charge on any atom is 0.338 e. The Hall–Kier alpha value is -7.24. The third-order valence-corrected chi connectivity index (χ3v) is 18.7. The highest BCUT2D eigenvalue weighted by atomic mass is 19.2. The van der Waals surface area contributed by atoms with Crippen LogP contribution in [0.1, 0.15) is 88.2 Å². The number of rotatable bonds is 25. The highest BCUT2D eigenvalue weighted by Gasteiger charge is 2.55. The maximum atomic E-state index is 14.5. The molecule has 3 aromatic carbocycles. The average Bonchev–Trinajstić information content (AvgIpc) is 1.26. The summed E-state index contributed by atoms with van der Waals surface area (Å²) in [5, 5.41) is 132. The lowest BCUT2D eigenvalue weighted by molar-refractivity contribution is -0.349. The summed E-state index contributed by atoms with van der Waals surface area (Å²) < 4.78 is 136. The quantitative estimate of drug-likeness (QED) is 0.0165. The number of nitrogens with zero attached hydrogens (tertiary/aromatic N) is 6. The van der Waals surface area contributed by atoms with Crippen molar-refractivity contribution < 1.29 is 134 Å². The number of nitrogens with one attached hydrogen (secondary N) is 2. The lowest BCUT2D eigenvalue weighted by atomic mass is 9.75. The first kappa shape index (κ1) is 75.4. The van der Waals surface area contributed by atoms with E-state index in [1.165, 1.54) is 31.2 Å². The number of carbonyl (C=O) groups excluding carboxylic acids is 3. The Kier molecular flexibility index (Phi) is 24.8. The average molecular weight is 1430 g/mol. The van der Waals surface area contributed by atoms with Crippen molar-refractivity contribution in [3.63, 3.8) is 0 Å². The number of aliphatic hydroxyl groups excluding tert-OH is 9. The first-order valence-electron chi connectivity index (χ1n) is 32.5. The van der Waals surface area contributed by atoms with Crippen molar-refractivity contribution in [2.75, 3.05) is 26.3 Å². The molecule has 15 unspecified atom stereocenters. The Morgan fingerprint density at radius 2 is 1.13 bits per heavy atom. The van der Waals surface area contributed by atoms with Gasteiger partial charge in [0.2, 0.25) is 11.8 Å². The van der Waals surface area contributed by atoms with Crippen LogP contribution < -0.4 is 10.6 Å². The van der Waals surface area contributed by atoms with Crippen LogP contribution in [0.4, 0.5) is 26.3 Å². The molecule has 0 bridgehead atoms. The first-order valence-corrected chi connectivity index (χ1v) is 32.5. The number of hydrogen-bond donors (Lipinski definition) is 12. The normalized spacial score (nSPS) is 33.5. The van der Waals surface area contributed by atoms with E-state index in [1.54, 1.807) is 19.9 Å². The van der Waals surface area contributed by atoms with E-state index in [4.69, 9.17) is 37.9 Å². The van der Waals surface area contributed by atoms with Gasteiger partial charge in [-0.05, 0) is 81.3 Å². The van der Waals surface area contributed by atoms with Crippen LogP contribution in [0, 0.1) is 52.7 Å². The molecule has 0 radical (unpaired) electrons. The summed E-state index contributed by atoms with van der Waals surface area (Å²) in [5.41, 5.74) is -1.02. The van der Waals surface area contributed by atoms with Crippen molar-refractivity contribution in [2.24, 2.45) is 17.8 Å². The number of amides is 2. The summed E-state index contributed by atoms with van der Waals surface area (Å²) in [6.45, 7) is 2.50. The predicted molar refractivity (Wildman–Crippen MR) is 323 cm³/mol. The lowest BCUT2D eigenvalue weighted by Gasteiger charge is -2.48. The van der Waals surface area contributed by atoms with E-state index in [-0.39, 0.29) is 79.7 Å². The molecule has 2 aromatic heterocycles. The van der Waals surface area contributed by atoms with E-state index >= 15 is 0 Å². The summed E-state index contributed by atoms with van der Waals surface area (Å²) in [6.07, 6.45) is -29.5.